The van der Waals surface area contributed by atoms with Gasteiger partial charge in [0, 0.05) is 5.97 Å². The third kappa shape index (κ3) is 2.40. The van der Waals surface area contributed by atoms with Crippen molar-refractivity contribution in [2.45, 2.75) is 18.9 Å². The van der Waals surface area contributed by atoms with Crippen molar-refractivity contribution < 1.29 is 19.4 Å². The van der Waals surface area contributed by atoms with Crippen molar-refractivity contribution in [1.29, 1.82) is 0 Å². The highest BCUT2D eigenvalue weighted by atomic mass is 16.6. The SMILES string of the molecule is O=C([O-])CC[C@@H]1COc2ccccc2O1. The maximum absolute atomic E-state index is 10.3. The van der Waals surface area contributed by atoms with Gasteiger partial charge in [0.1, 0.15) is 12.7 Å². The lowest BCUT2D eigenvalue weighted by atomic mass is 10.2. The fourth-order valence-corrected chi connectivity index (χ4v) is 1.48. The minimum atomic E-state index is -1.06. The molecule has 0 spiro atoms. The number of carboxylic acids is 1. The summed E-state index contributed by atoms with van der Waals surface area (Å²) in [7, 11) is 0. The highest BCUT2D eigenvalue weighted by Gasteiger charge is 2.19. The van der Waals surface area contributed by atoms with Crippen molar-refractivity contribution in [3.05, 3.63) is 24.3 Å². The van der Waals surface area contributed by atoms with Gasteiger partial charge in [0.25, 0.3) is 0 Å². The Kier molecular flexibility index (Phi) is 2.76. The predicted octanol–water partition coefficient (Wildman–Crippen LogP) is 0.356. The zero-order valence-electron chi connectivity index (χ0n) is 8.14. The first-order valence-corrected chi connectivity index (χ1v) is 4.84. The van der Waals surface area contributed by atoms with Gasteiger partial charge in [0.2, 0.25) is 0 Å². The summed E-state index contributed by atoms with van der Waals surface area (Å²) in [6.07, 6.45) is 0.213. The van der Waals surface area contributed by atoms with E-state index in [0.717, 1.165) is 0 Å². The van der Waals surface area contributed by atoms with Gasteiger partial charge < -0.3 is 19.4 Å². The molecule has 0 aromatic heterocycles. The number of carbonyl (C=O) groups is 1. The van der Waals surface area contributed by atoms with Gasteiger partial charge in [-0.3, -0.25) is 0 Å². The Hall–Kier alpha value is -1.71. The molecular weight excluding hydrogens is 196 g/mol. The van der Waals surface area contributed by atoms with Crippen LogP contribution in [-0.4, -0.2) is 18.7 Å². The molecule has 0 bridgehead atoms. The highest BCUT2D eigenvalue weighted by molar-refractivity contribution is 5.64. The summed E-state index contributed by atoms with van der Waals surface area (Å²) in [4.78, 5) is 10.3. The second-order valence-electron chi connectivity index (χ2n) is 3.41. The molecule has 1 aliphatic heterocycles. The van der Waals surface area contributed by atoms with Crippen molar-refractivity contribution in [3.8, 4) is 11.5 Å². The molecule has 0 unspecified atom stereocenters. The van der Waals surface area contributed by atoms with Crippen LogP contribution in [0.2, 0.25) is 0 Å². The number of carbonyl (C=O) groups excluding carboxylic acids is 1. The number of carboxylic acid groups (broad SMARTS) is 1. The van der Waals surface area contributed by atoms with Gasteiger partial charge in [-0.05, 0) is 25.0 Å². The molecule has 4 nitrogen and oxygen atoms in total. The molecule has 0 fully saturated rings. The Morgan fingerprint density at radius 3 is 2.87 bits per heavy atom. The predicted molar refractivity (Wildman–Crippen MR) is 50.6 cm³/mol. The standard InChI is InChI=1S/C11H12O4/c12-11(13)6-5-8-7-14-9-3-1-2-4-10(9)15-8/h1-4,8H,5-7H2,(H,12,13)/p-1/t8-/m1/s1. The van der Waals surface area contributed by atoms with Crippen LogP contribution in [0.25, 0.3) is 0 Å². The molecule has 1 aromatic rings. The lowest BCUT2D eigenvalue weighted by Gasteiger charge is -2.26. The lowest BCUT2D eigenvalue weighted by molar-refractivity contribution is -0.306. The Morgan fingerprint density at radius 2 is 2.13 bits per heavy atom. The molecular formula is C11H11O4-. The van der Waals surface area contributed by atoms with Gasteiger partial charge in [-0.2, -0.15) is 0 Å². The lowest BCUT2D eigenvalue weighted by Crippen LogP contribution is -2.31. The monoisotopic (exact) mass is 207 g/mol. The third-order valence-electron chi connectivity index (χ3n) is 2.24. The summed E-state index contributed by atoms with van der Waals surface area (Å²) in [5, 5.41) is 10.3. The van der Waals surface area contributed by atoms with Gasteiger partial charge in [-0.25, -0.2) is 0 Å². The number of para-hydroxylation sites is 2. The summed E-state index contributed by atoms with van der Waals surface area (Å²) >= 11 is 0. The van der Waals surface area contributed by atoms with Crippen LogP contribution in [0.5, 0.6) is 11.5 Å². The average Bonchev–Trinajstić information content (AvgIpc) is 2.26. The number of fused-ring (bicyclic) bond motifs is 1. The fourth-order valence-electron chi connectivity index (χ4n) is 1.48. The number of ether oxygens (including phenoxy) is 2. The van der Waals surface area contributed by atoms with E-state index in [9.17, 15) is 9.90 Å². The highest BCUT2D eigenvalue weighted by Crippen LogP contribution is 2.31. The minimum absolute atomic E-state index is 0.00378. The molecule has 0 N–H and O–H groups in total. The maximum atomic E-state index is 10.3. The van der Waals surface area contributed by atoms with E-state index in [0.29, 0.717) is 24.5 Å². The van der Waals surface area contributed by atoms with Gasteiger partial charge in [-0.15, -0.1) is 0 Å². The number of hydrogen-bond donors (Lipinski definition) is 0. The molecule has 0 amide bonds. The van der Waals surface area contributed by atoms with Crippen LogP contribution in [0.1, 0.15) is 12.8 Å². The van der Waals surface area contributed by atoms with Crippen LogP contribution in [-0.2, 0) is 4.79 Å². The summed E-state index contributed by atoms with van der Waals surface area (Å²) < 4.78 is 11.0. The van der Waals surface area contributed by atoms with Crippen molar-refractivity contribution in [1.82, 2.24) is 0 Å². The normalized spacial score (nSPS) is 18.5. The first-order valence-electron chi connectivity index (χ1n) is 4.84. The van der Waals surface area contributed by atoms with E-state index in [1.807, 2.05) is 18.2 Å². The van der Waals surface area contributed by atoms with Crippen molar-refractivity contribution in [2.75, 3.05) is 6.61 Å². The second-order valence-corrected chi connectivity index (χ2v) is 3.41. The molecule has 1 aromatic carbocycles. The molecule has 15 heavy (non-hydrogen) atoms. The second kappa shape index (κ2) is 4.21. The van der Waals surface area contributed by atoms with E-state index < -0.39 is 5.97 Å². The van der Waals surface area contributed by atoms with Crippen molar-refractivity contribution >= 4 is 5.97 Å². The molecule has 1 aliphatic rings. The number of benzene rings is 1. The minimum Gasteiger partial charge on any atom is -0.550 e. The molecule has 0 aliphatic carbocycles. The van der Waals surface area contributed by atoms with Crippen LogP contribution in [0.15, 0.2) is 24.3 Å². The zero-order valence-corrected chi connectivity index (χ0v) is 8.14. The van der Waals surface area contributed by atoms with Crippen LogP contribution in [0, 0.1) is 0 Å². The average molecular weight is 207 g/mol. The molecule has 80 valence electrons. The Labute approximate surface area is 87.4 Å². The van der Waals surface area contributed by atoms with Crippen molar-refractivity contribution in [3.63, 3.8) is 0 Å². The molecule has 0 radical (unpaired) electrons. The van der Waals surface area contributed by atoms with Gasteiger partial charge in [-0.1, -0.05) is 12.1 Å². The van der Waals surface area contributed by atoms with E-state index in [1.54, 1.807) is 6.07 Å². The molecule has 2 rings (SSSR count). The number of rotatable bonds is 3. The van der Waals surface area contributed by atoms with Crippen molar-refractivity contribution in [2.24, 2.45) is 0 Å². The van der Waals surface area contributed by atoms with E-state index >= 15 is 0 Å². The quantitative estimate of drug-likeness (QED) is 0.717. The third-order valence-corrected chi connectivity index (χ3v) is 2.24. The summed E-state index contributed by atoms with van der Waals surface area (Å²) in [6, 6.07) is 7.35. The first-order chi connectivity index (χ1) is 7.25. The first kappa shape index (κ1) is 9.83. The molecule has 1 heterocycles. The van der Waals surface area contributed by atoms with E-state index in [1.165, 1.54) is 0 Å². The largest absolute Gasteiger partial charge is 0.550 e. The summed E-state index contributed by atoms with van der Waals surface area (Å²) in [6.45, 7) is 0.393. The van der Waals surface area contributed by atoms with Gasteiger partial charge in [0.15, 0.2) is 11.5 Å². The molecule has 4 heteroatoms. The topological polar surface area (TPSA) is 58.6 Å². The van der Waals surface area contributed by atoms with Crippen LogP contribution >= 0.6 is 0 Å². The van der Waals surface area contributed by atoms with Crippen LogP contribution < -0.4 is 14.6 Å². The Morgan fingerprint density at radius 1 is 1.40 bits per heavy atom. The number of hydrogen-bond acceptors (Lipinski definition) is 4. The Bertz CT molecular complexity index is 361. The fraction of sp³-hybridized carbons (Fsp3) is 0.364. The Balaban J connectivity index is 1.96. The van der Waals surface area contributed by atoms with Crippen LogP contribution in [0.4, 0.5) is 0 Å². The summed E-state index contributed by atoms with van der Waals surface area (Å²) in [5.74, 6) is 0.326. The van der Waals surface area contributed by atoms with Gasteiger partial charge >= 0.3 is 0 Å². The maximum Gasteiger partial charge on any atom is 0.161 e. The number of aliphatic carboxylic acids is 1. The van der Waals surface area contributed by atoms with Crippen LogP contribution in [0.3, 0.4) is 0 Å². The smallest absolute Gasteiger partial charge is 0.161 e. The molecule has 0 saturated carbocycles. The summed E-state index contributed by atoms with van der Waals surface area (Å²) in [5.41, 5.74) is 0. The molecule has 1 atom stereocenters. The van der Waals surface area contributed by atoms with Gasteiger partial charge in [0.05, 0.1) is 0 Å². The van der Waals surface area contributed by atoms with E-state index in [4.69, 9.17) is 9.47 Å². The van der Waals surface area contributed by atoms with E-state index in [-0.39, 0.29) is 12.5 Å². The van der Waals surface area contributed by atoms with E-state index in [2.05, 4.69) is 0 Å². The molecule has 0 saturated heterocycles. The zero-order chi connectivity index (χ0) is 10.7.